The Hall–Kier alpha value is -2.63. The van der Waals surface area contributed by atoms with Crippen LogP contribution in [0, 0.1) is 15.5 Å². The normalized spacial score (nSPS) is 19.6. The van der Waals surface area contributed by atoms with Gasteiger partial charge in [0.15, 0.2) is 0 Å². The quantitative estimate of drug-likeness (QED) is 0.360. The maximum absolute atomic E-state index is 12.3. The Bertz CT molecular complexity index is 705. The van der Waals surface area contributed by atoms with E-state index in [4.69, 9.17) is 0 Å². The molecule has 0 bridgehead atoms. The summed E-state index contributed by atoms with van der Waals surface area (Å²) in [5, 5.41) is 11.0. The number of allylic oxidation sites excluding steroid dienone is 2. The predicted molar refractivity (Wildman–Crippen MR) is 83.0 cm³/mol. The number of aldehydes is 1. The fourth-order valence-corrected chi connectivity index (χ4v) is 3.43. The molecule has 0 fully saturated rings. The highest BCUT2D eigenvalue weighted by Crippen LogP contribution is 2.49. The Balaban J connectivity index is 2.71. The van der Waals surface area contributed by atoms with Crippen molar-refractivity contribution in [2.75, 3.05) is 0 Å². The Morgan fingerprint density at radius 2 is 1.96 bits per heavy atom. The van der Waals surface area contributed by atoms with Crippen molar-refractivity contribution >= 4 is 23.5 Å². The highest BCUT2D eigenvalue weighted by molar-refractivity contribution is 6.08. The van der Waals surface area contributed by atoms with Crippen LogP contribution in [0.25, 0.3) is 0 Å². The van der Waals surface area contributed by atoms with E-state index in [9.17, 15) is 24.5 Å². The molecule has 120 valence electrons. The van der Waals surface area contributed by atoms with Gasteiger partial charge in [0, 0.05) is 18.1 Å². The van der Waals surface area contributed by atoms with Gasteiger partial charge in [0.25, 0.3) is 5.69 Å². The number of nitrogens with zero attached hydrogens (tertiary/aromatic N) is 1. The molecule has 6 nitrogen and oxygen atoms in total. The van der Waals surface area contributed by atoms with Gasteiger partial charge in [-0.1, -0.05) is 18.2 Å². The molecule has 1 atom stereocenters. The van der Waals surface area contributed by atoms with Crippen LogP contribution in [-0.4, -0.2) is 22.8 Å². The molecule has 1 aliphatic rings. The summed E-state index contributed by atoms with van der Waals surface area (Å²) < 4.78 is 0. The van der Waals surface area contributed by atoms with Gasteiger partial charge in [-0.25, -0.2) is 0 Å². The van der Waals surface area contributed by atoms with E-state index in [2.05, 4.69) is 0 Å². The van der Waals surface area contributed by atoms with Crippen molar-refractivity contribution in [1.29, 1.82) is 0 Å². The van der Waals surface area contributed by atoms with Gasteiger partial charge in [-0.05, 0) is 37.8 Å². The number of nitro benzene ring substituents is 1. The molecule has 0 N–H and O–H groups in total. The molecule has 1 aliphatic carbocycles. The number of hydrogen-bond donors (Lipinski definition) is 0. The van der Waals surface area contributed by atoms with Gasteiger partial charge in [0.05, 0.1) is 10.3 Å². The number of hydrogen-bond acceptors (Lipinski definition) is 5. The third-order valence-corrected chi connectivity index (χ3v) is 4.55. The van der Waals surface area contributed by atoms with E-state index in [0.717, 1.165) is 0 Å². The Morgan fingerprint density at radius 1 is 1.30 bits per heavy atom. The third kappa shape index (κ3) is 2.72. The fourth-order valence-electron chi connectivity index (χ4n) is 3.43. The van der Waals surface area contributed by atoms with E-state index >= 15 is 0 Å². The highest BCUT2D eigenvalue weighted by atomic mass is 16.6. The van der Waals surface area contributed by atoms with E-state index in [1.165, 1.54) is 32.0 Å². The van der Waals surface area contributed by atoms with E-state index in [1.807, 2.05) is 0 Å². The monoisotopic (exact) mass is 315 g/mol. The van der Waals surface area contributed by atoms with Crippen molar-refractivity contribution in [3.05, 3.63) is 51.6 Å². The lowest BCUT2D eigenvalue weighted by atomic mass is 9.59. The van der Waals surface area contributed by atoms with Crippen LogP contribution in [0.2, 0.25) is 0 Å². The fraction of sp³-hybridized carbons (Fsp3) is 0.353. The maximum atomic E-state index is 12.3. The lowest BCUT2D eigenvalue weighted by molar-refractivity contribution is -0.384. The molecular formula is C17H17NO5. The smallest absolute Gasteiger partial charge is 0.269 e. The summed E-state index contributed by atoms with van der Waals surface area (Å²) in [6.07, 6.45) is 3.06. The van der Waals surface area contributed by atoms with Gasteiger partial charge >= 0.3 is 0 Å². The Labute approximate surface area is 133 Å². The van der Waals surface area contributed by atoms with Crippen LogP contribution < -0.4 is 0 Å². The van der Waals surface area contributed by atoms with Crippen molar-refractivity contribution in [3.8, 4) is 0 Å². The molecule has 23 heavy (non-hydrogen) atoms. The second kappa shape index (κ2) is 6.24. The first-order valence-electron chi connectivity index (χ1n) is 7.26. The molecule has 1 aromatic carbocycles. The van der Waals surface area contributed by atoms with Crippen molar-refractivity contribution < 1.29 is 19.3 Å². The van der Waals surface area contributed by atoms with Crippen molar-refractivity contribution in [2.24, 2.45) is 5.41 Å². The van der Waals surface area contributed by atoms with Gasteiger partial charge < -0.3 is 0 Å². The van der Waals surface area contributed by atoms with Crippen molar-refractivity contribution in [2.45, 2.75) is 32.6 Å². The molecule has 0 saturated heterocycles. The number of carbonyl (C=O) groups excluding carboxylic acids is 3. The number of carbonyl (C=O) groups is 3. The predicted octanol–water partition coefficient (Wildman–Crippen LogP) is 2.76. The van der Waals surface area contributed by atoms with E-state index in [-0.39, 0.29) is 17.3 Å². The standard InChI is InChI=1S/C17H17NO5/c1-11(20)17(12(2)21)8-4-6-14(10-19)16(17)13-5-3-7-15(9-13)18(22)23/h3,5-7,9-10,16H,4,8H2,1-2H3/t16-/m1/s1. The van der Waals surface area contributed by atoms with Crippen LogP contribution in [0.1, 0.15) is 38.2 Å². The molecule has 6 heteroatoms. The number of Topliss-reactive ketones (excluding diaryl/α,β-unsaturated/α-hetero) is 2. The third-order valence-electron chi connectivity index (χ3n) is 4.55. The van der Waals surface area contributed by atoms with Gasteiger partial charge in [-0.2, -0.15) is 0 Å². The first-order chi connectivity index (χ1) is 10.8. The van der Waals surface area contributed by atoms with Crippen LogP contribution in [-0.2, 0) is 14.4 Å². The summed E-state index contributed by atoms with van der Waals surface area (Å²) in [6, 6.07) is 5.77. The Morgan fingerprint density at radius 3 is 2.48 bits per heavy atom. The largest absolute Gasteiger partial charge is 0.299 e. The van der Waals surface area contributed by atoms with E-state index in [0.29, 0.717) is 30.3 Å². The lowest BCUT2D eigenvalue weighted by Gasteiger charge is -2.40. The topological polar surface area (TPSA) is 94.3 Å². The molecule has 0 saturated carbocycles. The first kappa shape index (κ1) is 16.7. The maximum Gasteiger partial charge on any atom is 0.269 e. The average molecular weight is 315 g/mol. The summed E-state index contributed by atoms with van der Waals surface area (Å²) >= 11 is 0. The Kier molecular flexibility index (Phi) is 4.54. The summed E-state index contributed by atoms with van der Waals surface area (Å²) in [6.45, 7) is 2.67. The molecule has 2 rings (SSSR count). The zero-order valence-electron chi connectivity index (χ0n) is 12.9. The number of non-ortho nitro benzene ring substituents is 1. The van der Waals surface area contributed by atoms with Crippen LogP contribution in [0.5, 0.6) is 0 Å². The molecular weight excluding hydrogens is 298 g/mol. The van der Waals surface area contributed by atoms with Gasteiger partial charge in [-0.15, -0.1) is 0 Å². The molecule has 0 radical (unpaired) electrons. The van der Waals surface area contributed by atoms with Crippen LogP contribution in [0.3, 0.4) is 0 Å². The average Bonchev–Trinajstić information content (AvgIpc) is 2.53. The molecule has 0 aromatic heterocycles. The lowest BCUT2D eigenvalue weighted by Crippen LogP contribution is -2.44. The minimum Gasteiger partial charge on any atom is -0.299 e. The minimum atomic E-state index is -1.35. The van der Waals surface area contributed by atoms with Crippen LogP contribution >= 0.6 is 0 Å². The zero-order chi connectivity index (χ0) is 17.2. The van der Waals surface area contributed by atoms with Gasteiger partial charge in [0.2, 0.25) is 0 Å². The summed E-state index contributed by atoms with van der Waals surface area (Å²) in [7, 11) is 0. The number of rotatable bonds is 5. The van der Waals surface area contributed by atoms with E-state index < -0.39 is 16.3 Å². The highest BCUT2D eigenvalue weighted by Gasteiger charge is 2.50. The van der Waals surface area contributed by atoms with Gasteiger partial charge in [0.1, 0.15) is 17.9 Å². The number of nitro groups is 1. The second-order valence-corrected chi connectivity index (χ2v) is 5.73. The number of benzene rings is 1. The second-order valence-electron chi connectivity index (χ2n) is 5.73. The number of ketones is 2. The SMILES string of the molecule is CC(=O)C1(C(C)=O)CCC=C(C=O)[C@H]1c1cccc([N+](=O)[O-])c1. The summed E-state index contributed by atoms with van der Waals surface area (Å²) in [4.78, 5) is 46.6. The van der Waals surface area contributed by atoms with Crippen LogP contribution in [0.15, 0.2) is 35.9 Å². The minimum absolute atomic E-state index is 0.140. The van der Waals surface area contributed by atoms with Crippen molar-refractivity contribution in [3.63, 3.8) is 0 Å². The molecule has 0 unspecified atom stereocenters. The molecule has 0 spiro atoms. The first-order valence-corrected chi connectivity index (χ1v) is 7.26. The molecule has 1 aromatic rings. The zero-order valence-corrected chi connectivity index (χ0v) is 12.9. The summed E-state index contributed by atoms with van der Waals surface area (Å²) in [5.74, 6) is -1.44. The summed E-state index contributed by atoms with van der Waals surface area (Å²) in [5.41, 5.74) is -0.732. The molecule has 0 amide bonds. The molecule has 0 aliphatic heterocycles. The van der Waals surface area contributed by atoms with Crippen molar-refractivity contribution in [1.82, 2.24) is 0 Å². The van der Waals surface area contributed by atoms with E-state index in [1.54, 1.807) is 12.1 Å². The van der Waals surface area contributed by atoms with Gasteiger partial charge in [-0.3, -0.25) is 24.5 Å². The van der Waals surface area contributed by atoms with Crippen LogP contribution in [0.4, 0.5) is 5.69 Å². The molecule has 0 heterocycles.